The van der Waals surface area contributed by atoms with Crippen LogP contribution in [0.1, 0.15) is 46.4 Å². The fourth-order valence-corrected chi connectivity index (χ4v) is 7.83. The Morgan fingerprint density at radius 3 is 1.93 bits per heavy atom. The van der Waals surface area contributed by atoms with E-state index in [1.54, 1.807) is 6.92 Å². The molecule has 0 saturated heterocycles. The van der Waals surface area contributed by atoms with Crippen LogP contribution < -0.4 is 20.7 Å². The number of hydrogen-bond acceptors (Lipinski definition) is 4. The van der Waals surface area contributed by atoms with Crippen molar-refractivity contribution in [2.45, 2.75) is 57.2 Å². The van der Waals surface area contributed by atoms with Gasteiger partial charge in [0.1, 0.15) is 0 Å². The number of allylic oxidation sites excluding steroid dienone is 1. The Morgan fingerprint density at radius 2 is 1.37 bits per heavy atom. The summed E-state index contributed by atoms with van der Waals surface area (Å²) < 4.78 is 1.44. The Balaban J connectivity index is 1.34. The molecule has 2 unspecified atom stereocenters. The van der Waals surface area contributed by atoms with E-state index in [4.69, 9.17) is 0 Å². The average molecular weight is 610 g/mol. The van der Waals surface area contributed by atoms with Crippen LogP contribution in [0.15, 0.2) is 126 Å². The number of aromatic nitrogens is 2. The number of nitrogens with zero attached hydrogens (tertiary/aromatic N) is 2. The largest absolute Gasteiger partial charge is 0.851 e. The van der Waals surface area contributed by atoms with Gasteiger partial charge in [-0.15, -0.1) is 12.2 Å². The van der Waals surface area contributed by atoms with E-state index in [0.29, 0.717) is 23.5 Å². The van der Waals surface area contributed by atoms with Crippen LogP contribution in [-0.2, 0) is 18.3 Å². The van der Waals surface area contributed by atoms with Crippen molar-refractivity contribution in [1.29, 1.82) is 0 Å². The summed E-state index contributed by atoms with van der Waals surface area (Å²) in [5.41, 5.74) is 7.69. The third-order valence-electron chi connectivity index (χ3n) is 10.0. The van der Waals surface area contributed by atoms with Crippen molar-refractivity contribution in [2.24, 2.45) is 5.92 Å². The lowest BCUT2D eigenvalue weighted by Gasteiger charge is -2.60. The maximum absolute atomic E-state index is 14.1. The summed E-state index contributed by atoms with van der Waals surface area (Å²) in [4.78, 5) is 15.9. The first-order chi connectivity index (χ1) is 22.3. The normalized spacial score (nSPS) is 22.5. The first-order valence-corrected chi connectivity index (χ1v) is 16.2. The molecule has 6 heteroatoms. The van der Waals surface area contributed by atoms with Crippen molar-refractivity contribution in [1.82, 2.24) is 9.78 Å². The summed E-state index contributed by atoms with van der Waals surface area (Å²) in [5.74, 6) is -1.66. The van der Waals surface area contributed by atoms with Crippen molar-refractivity contribution in [3.63, 3.8) is 0 Å². The van der Waals surface area contributed by atoms with Gasteiger partial charge in [-0.2, -0.15) is 0 Å². The van der Waals surface area contributed by atoms with Crippen LogP contribution >= 0.6 is 0 Å². The monoisotopic (exact) mass is 609 g/mol. The minimum absolute atomic E-state index is 0.316. The number of fused-ring (bicyclic) bond motifs is 1. The van der Waals surface area contributed by atoms with Crippen LogP contribution in [-0.4, -0.2) is 28.5 Å². The van der Waals surface area contributed by atoms with Crippen molar-refractivity contribution in [3.8, 4) is 5.69 Å². The second-order valence-electron chi connectivity index (χ2n) is 12.9. The number of para-hydroxylation sites is 1. The highest BCUT2D eigenvalue weighted by atomic mass is 16.3. The van der Waals surface area contributed by atoms with Crippen molar-refractivity contribution < 1.29 is 10.2 Å². The third kappa shape index (κ3) is 4.93. The smallest absolute Gasteiger partial charge is 0.274 e. The molecule has 2 aliphatic rings. The Morgan fingerprint density at radius 1 is 0.804 bits per heavy atom. The minimum atomic E-state index is -1.23. The maximum Gasteiger partial charge on any atom is 0.274 e. The Kier molecular flexibility index (Phi) is 7.79. The highest BCUT2D eigenvalue weighted by Crippen LogP contribution is 2.53. The number of nitrogens with one attached hydrogen (secondary N) is 1. The average Bonchev–Trinajstić information content (AvgIpc) is 3.50. The Hall–Kier alpha value is -4.65. The van der Waals surface area contributed by atoms with Crippen LogP contribution in [0.5, 0.6) is 0 Å². The van der Waals surface area contributed by atoms with Crippen molar-refractivity contribution >= 4 is 5.69 Å². The molecule has 6 nitrogen and oxygen atoms in total. The minimum Gasteiger partial charge on any atom is -0.851 e. The molecule has 1 N–H and O–H groups in total. The molecule has 2 heterocycles. The lowest BCUT2D eigenvalue weighted by Crippen LogP contribution is -2.65. The lowest BCUT2D eigenvalue weighted by atomic mass is 9.63. The molecule has 1 aliphatic carbocycles. The Labute approximate surface area is 270 Å². The van der Waals surface area contributed by atoms with E-state index in [1.165, 1.54) is 26.9 Å². The van der Waals surface area contributed by atoms with Gasteiger partial charge < -0.3 is 15.1 Å². The van der Waals surface area contributed by atoms with Crippen LogP contribution in [0.4, 0.5) is 5.69 Å². The molecule has 4 aromatic carbocycles. The SMILES string of the molecule is CCN1C(=CC2C([O-])C(c3c(C)[nH]n(-c4ccccc4)c3=O)C2[O-])C(Cc2ccccc2)(Cc2ccccc2)c2cc(C)ccc21. The first-order valence-electron chi connectivity index (χ1n) is 16.2. The van der Waals surface area contributed by atoms with E-state index in [0.717, 1.165) is 24.2 Å². The topological polar surface area (TPSA) is 87.2 Å². The molecule has 234 valence electrons. The molecule has 0 bridgehead atoms. The van der Waals surface area contributed by atoms with Gasteiger partial charge in [0.15, 0.2) is 0 Å². The highest BCUT2D eigenvalue weighted by molar-refractivity contribution is 5.73. The van der Waals surface area contributed by atoms with E-state index in [9.17, 15) is 15.0 Å². The summed E-state index contributed by atoms with van der Waals surface area (Å²) in [6.45, 7) is 6.73. The zero-order chi connectivity index (χ0) is 32.0. The van der Waals surface area contributed by atoms with E-state index in [2.05, 4.69) is 90.6 Å². The number of H-pyrrole nitrogens is 1. The van der Waals surface area contributed by atoms with Gasteiger partial charge in [0.25, 0.3) is 5.56 Å². The van der Waals surface area contributed by atoms with Gasteiger partial charge in [0.05, 0.1) is 5.69 Å². The van der Waals surface area contributed by atoms with Gasteiger partial charge in [-0.25, -0.2) is 4.68 Å². The van der Waals surface area contributed by atoms with Crippen molar-refractivity contribution in [2.75, 3.05) is 11.4 Å². The van der Waals surface area contributed by atoms with Crippen LogP contribution in [0.3, 0.4) is 0 Å². The highest BCUT2D eigenvalue weighted by Gasteiger charge is 2.49. The first kappa shape index (κ1) is 30.0. The Bertz CT molecular complexity index is 1880. The fraction of sp³-hybridized carbons (Fsp3) is 0.275. The van der Waals surface area contributed by atoms with E-state index in [1.807, 2.05) is 48.5 Å². The predicted octanol–water partition coefficient (Wildman–Crippen LogP) is 5.10. The number of aromatic amines is 1. The van der Waals surface area contributed by atoms with Gasteiger partial charge in [-0.05, 0) is 80.3 Å². The molecule has 46 heavy (non-hydrogen) atoms. The standard InChI is InChI=1S/C40H39N3O3/c1-4-42-33-21-20-26(2)22-32(33)40(24-28-14-8-5-9-15-28,25-29-16-10-6-11-17-29)34(42)23-31-37(44)36(38(31)45)35-27(3)41-43(39(35)46)30-18-12-7-13-19-30/h5-23,31,36-38,41H,4,24-25H2,1-3H3/q-2. The molecular formula is C40H39N3O3-2. The molecule has 0 spiro atoms. The molecule has 2 atom stereocenters. The van der Waals surface area contributed by atoms with Crippen LogP contribution in [0, 0.1) is 19.8 Å². The molecule has 0 radical (unpaired) electrons. The molecule has 1 aliphatic heterocycles. The zero-order valence-corrected chi connectivity index (χ0v) is 26.5. The molecule has 7 rings (SSSR count). The molecule has 1 aromatic heterocycles. The van der Waals surface area contributed by atoms with Gasteiger partial charge in [-0.3, -0.25) is 9.89 Å². The number of benzene rings is 4. The predicted molar refractivity (Wildman–Crippen MR) is 179 cm³/mol. The summed E-state index contributed by atoms with van der Waals surface area (Å²) in [6.07, 6.45) is 0.995. The van der Waals surface area contributed by atoms with Crippen LogP contribution in [0.2, 0.25) is 0 Å². The van der Waals surface area contributed by atoms with Gasteiger partial charge in [0.2, 0.25) is 0 Å². The molecular weight excluding hydrogens is 570 g/mol. The zero-order valence-electron chi connectivity index (χ0n) is 26.5. The summed E-state index contributed by atoms with van der Waals surface area (Å²) >= 11 is 0. The second-order valence-corrected chi connectivity index (χ2v) is 12.9. The summed E-state index contributed by atoms with van der Waals surface area (Å²) in [5, 5.41) is 31.3. The number of hydrogen-bond donors (Lipinski definition) is 1. The quantitative estimate of drug-likeness (QED) is 0.265. The van der Waals surface area contributed by atoms with Gasteiger partial charge in [-0.1, -0.05) is 103 Å². The van der Waals surface area contributed by atoms with Crippen molar-refractivity contribution in [3.05, 3.63) is 165 Å². The number of aryl methyl sites for hydroxylation is 2. The molecule has 1 fully saturated rings. The number of rotatable bonds is 8. The number of anilines is 1. The van der Waals surface area contributed by atoms with Gasteiger partial charge >= 0.3 is 0 Å². The summed E-state index contributed by atoms with van der Waals surface area (Å²) in [7, 11) is 0. The molecule has 1 saturated carbocycles. The maximum atomic E-state index is 14.1. The molecule has 0 amide bonds. The van der Waals surface area contributed by atoms with E-state index < -0.39 is 29.5 Å². The fourth-order valence-electron chi connectivity index (χ4n) is 7.83. The van der Waals surface area contributed by atoms with E-state index in [-0.39, 0.29) is 5.56 Å². The van der Waals surface area contributed by atoms with Crippen LogP contribution in [0.25, 0.3) is 5.69 Å². The summed E-state index contributed by atoms with van der Waals surface area (Å²) in [6, 6.07) is 36.8. The molecule has 5 aromatic rings. The number of likely N-dealkylation sites (N-methyl/N-ethyl adjacent to an activating group) is 1. The van der Waals surface area contributed by atoms with Gasteiger partial charge in [0, 0.05) is 34.6 Å². The third-order valence-corrected chi connectivity index (χ3v) is 10.0. The van der Waals surface area contributed by atoms with E-state index >= 15 is 0 Å². The lowest BCUT2D eigenvalue weighted by molar-refractivity contribution is -0.543. The second kappa shape index (κ2) is 11.9.